The van der Waals surface area contributed by atoms with Gasteiger partial charge in [-0.2, -0.15) is 0 Å². The molecule has 0 spiro atoms. The molecule has 0 saturated carbocycles. The number of halogens is 1. The van der Waals surface area contributed by atoms with Crippen LogP contribution in [0.2, 0.25) is 0 Å². The molecule has 106 valence electrons. The molecule has 1 aromatic heterocycles. The van der Waals surface area contributed by atoms with Gasteiger partial charge in [-0.05, 0) is 12.5 Å². The summed E-state index contributed by atoms with van der Waals surface area (Å²) in [5.74, 6) is -0.117. The van der Waals surface area contributed by atoms with E-state index in [1.807, 2.05) is 28.8 Å². The molecule has 0 radical (unpaired) electrons. The molecule has 0 fully saturated rings. The second kappa shape index (κ2) is 6.90. The first kappa shape index (κ1) is 15.1. The van der Waals surface area contributed by atoms with Crippen LogP contribution in [0.25, 0.3) is 11.4 Å². The van der Waals surface area contributed by atoms with Crippen LogP contribution in [0.5, 0.6) is 0 Å². The molecule has 0 unspecified atom stereocenters. The Kier molecular flexibility index (Phi) is 5.19. The third-order valence-electron chi connectivity index (χ3n) is 2.60. The van der Waals surface area contributed by atoms with Gasteiger partial charge in [0.15, 0.2) is 11.0 Å². The number of aromatic nitrogens is 3. The average molecular weight is 356 g/mol. The first-order chi connectivity index (χ1) is 9.63. The molecule has 5 nitrogen and oxygen atoms in total. The standard InChI is InChI=1S/C13H14BrN3O2S/c1-2-7-17-12(9-5-3-4-6-10(9)14)15-16-13(17)20-8-11(18)19/h3-6H,2,7-8H2,1H3,(H,18,19). The van der Waals surface area contributed by atoms with Gasteiger partial charge in [-0.1, -0.05) is 52.8 Å². The lowest BCUT2D eigenvalue weighted by atomic mass is 10.2. The highest BCUT2D eigenvalue weighted by Gasteiger charge is 2.16. The SMILES string of the molecule is CCCn1c(SCC(=O)O)nnc1-c1ccccc1Br. The summed E-state index contributed by atoms with van der Waals surface area (Å²) in [6, 6.07) is 7.79. The predicted molar refractivity (Wildman–Crippen MR) is 81.8 cm³/mol. The lowest BCUT2D eigenvalue weighted by Gasteiger charge is -2.09. The van der Waals surface area contributed by atoms with Gasteiger partial charge in [0, 0.05) is 16.6 Å². The van der Waals surface area contributed by atoms with Gasteiger partial charge >= 0.3 is 5.97 Å². The smallest absolute Gasteiger partial charge is 0.313 e. The zero-order valence-electron chi connectivity index (χ0n) is 10.9. The summed E-state index contributed by atoms with van der Waals surface area (Å²) < 4.78 is 2.91. The van der Waals surface area contributed by atoms with E-state index in [9.17, 15) is 4.79 Å². The highest BCUT2D eigenvalue weighted by Crippen LogP contribution is 2.29. The van der Waals surface area contributed by atoms with E-state index in [4.69, 9.17) is 5.11 Å². The van der Waals surface area contributed by atoms with Crippen molar-refractivity contribution >= 4 is 33.7 Å². The summed E-state index contributed by atoms with van der Waals surface area (Å²) in [4.78, 5) is 10.7. The Morgan fingerprint density at radius 1 is 1.40 bits per heavy atom. The first-order valence-electron chi connectivity index (χ1n) is 6.16. The molecule has 0 aliphatic rings. The number of carbonyl (C=O) groups is 1. The fourth-order valence-electron chi connectivity index (χ4n) is 1.79. The fourth-order valence-corrected chi connectivity index (χ4v) is 2.94. The molecule has 0 aliphatic heterocycles. The van der Waals surface area contributed by atoms with Crippen molar-refractivity contribution in [3.05, 3.63) is 28.7 Å². The van der Waals surface area contributed by atoms with Crippen LogP contribution >= 0.6 is 27.7 Å². The van der Waals surface area contributed by atoms with E-state index in [1.54, 1.807) is 0 Å². The molecule has 0 atom stereocenters. The van der Waals surface area contributed by atoms with Gasteiger partial charge < -0.3 is 9.67 Å². The second-order valence-electron chi connectivity index (χ2n) is 4.12. The van der Waals surface area contributed by atoms with E-state index in [0.29, 0.717) is 5.16 Å². The van der Waals surface area contributed by atoms with Crippen molar-refractivity contribution in [1.82, 2.24) is 14.8 Å². The van der Waals surface area contributed by atoms with Crippen molar-refractivity contribution < 1.29 is 9.90 Å². The maximum absolute atomic E-state index is 10.7. The monoisotopic (exact) mass is 355 g/mol. The second-order valence-corrected chi connectivity index (χ2v) is 5.92. The minimum Gasteiger partial charge on any atom is -0.481 e. The minimum atomic E-state index is -0.858. The Bertz CT molecular complexity index is 615. The van der Waals surface area contributed by atoms with Crippen molar-refractivity contribution in [2.24, 2.45) is 0 Å². The summed E-state index contributed by atoms with van der Waals surface area (Å²) in [6.07, 6.45) is 0.927. The maximum atomic E-state index is 10.7. The number of carboxylic acid groups (broad SMARTS) is 1. The molecule has 1 heterocycles. The Balaban J connectivity index is 2.38. The molecule has 1 N–H and O–H groups in total. The zero-order valence-corrected chi connectivity index (χ0v) is 13.3. The Morgan fingerprint density at radius 2 is 2.15 bits per heavy atom. The van der Waals surface area contributed by atoms with Crippen LogP contribution in [0.1, 0.15) is 13.3 Å². The van der Waals surface area contributed by atoms with Crippen LogP contribution in [0.4, 0.5) is 0 Å². The van der Waals surface area contributed by atoms with Gasteiger partial charge in [-0.3, -0.25) is 4.79 Å². The molecular weight excluding hydrogens is 342 g/mol. The Hall–Kier alpha value is -1.34. The quantitative estimate of drug-likeness (QED) is 0.805. The van der Waals surface area contributed by atoms with Crippen LogP contribution in [0.3, 0.4) is 0 Å². The highest BCUT2D eigenvalue weighted by molar-refractivity contribution is 9.10. The number of carboxylic acids is 1. The predicted octanol–water partition coefficient (Wildman–Crippen LogP) is 3.29. The highest BCUT2D eigenvalue weighted by atomic mass is 79.9. The van der Waals surface area contributed by atoms with Crippen LogP contribution in [0.15, 0.2) is 33.9 Å². The molecular formula is C13H14BrN3O2S. The molecule has 20 heavy (non-hydrogen) atoms. The van der Waals surface area contributed by atoms with Gasteiger partial charge in [0.05, 0.1) is 5.75 Å². The molecule has 0 bridgehead atoms. The molecule has 0 saturated heterocycles. The fraction of sp³-hybridized carbons (Fsp3) is 0.308. The van der Waals surface area contributed by atoms with Crippen molar-refractivity contribution in [2.45, 2.75) is 25.0 Å². The van der Waals surface area contributed by atoms with Crippen LogP contribution in [-0.4, -0.2) is 31.6 Å². The van der Waals surface area contributed by atoms with Gasteiger partial charge in [0.2, 0.25) is 0 Å². The summed E-state index contributed by atoms with van der Waals surface area (Å²) in [5, 5.41) is 17.7. The molecule has 1 aromatic carbocycles. The molecule has 0 amide bonds. The van der Waals surface area contributed by atoms with Crippen LogP contribution in [0, 0.1) is 0 Å². The summed E-state index contributed by atoms with van der Waals surface area (Å²) in [7, 11) is 0. The third kappa shape index (κ3) is 3.40. The summed E-state index contributed by atoms with van der Waals surface area (Å²) in [6.45, 7) is 2.82. The van der Waals surface area contributed by atoms with Gasteiger partial charge in [0.25, 0.3) is 0 Å². The number of benzene rings is 1. The number of rotatable bonds is 6. The van der Waals surface area contributed by atoms with Gasteiger partial charge in [-0.15, -0.1) is 10.2 Å². The largest absolute Gasteiger partial charge is 0.481 e. The normalized spacial score (nSPS) is 10.7. The van der Waals surface area contributed by atoms with E-state index in [0.717, 1.165) is 28.8 Å². The lowest BCUT2D eigenvalue weighted by molar-refractivity contribution is -0.133. The number of aliphatic carboxylic acids is 1. The number of hydrogen-bond acceptors (Lipinski definition) is 4. The third-order valence-corrected chi connectivity index (χ3v) is 4.25. The Labute approximate surface area is 129 Å². The first-order valence-corrected chi connectivity index (χ1v) is 7.94. The summed E-state index contributed by atoms with van der Waals surface area (Å²) in [5.41, 5.74) is 0.954. The zero-order chi connectivity index (χ0) is 14.5. The van der Waals surface area contributed by atoms with Crippen molar-refractivity contribution in [3.8, 4) is 11.4 Å². The van der Waals surface area contributed by atoms with Gasteiger partial charge in [-0.25, -0.2) is 0 Å². The summed E-state index contributed by atoms with van der Waals surface area (Å²) >= 11 is 4.70. The Morgan fingerprint density at radius 3 is 2.80 bits per heavy atom. The molecule has 2 aromatic rings. The maximum Gasteiger partial charge on any atom is 0.313 e. The van der Waals surface area contributed by atoms with E-state index in [-0.39, 0.29) is 5.75 Å². The molecule has 7 heteroatoms. The molecule has 2 rings (SSSR count). The van der Waals surface area contributed by atoms with E-state index in [2.05, 4.69) is 33.1 Å². The van der Waals surface area contributed by atoms with Crippen molar-refractivity contribution in [3.63, 3.8) is 0 Å². The lowest BCUT2D eigenvalue weighted by Crippen LogP contribution is -2.04. The van der Waals surface area contributed by atoms with E-state index < -0.39 is 5.97 Å². The minimum absolute atomic E-state index is 0.0161. The topological polar surface area (TPSA) is 68.0 Å². The molecule has 0 aliphatic carbocycles. The number of thioether (sulfide) groups is 1. The number of nitrogens with zero attached hydrogens (tertiary/aromatic N) is 3. The van der Waals surface area contributed by atoms with Crippen LogP contribution < -0.4 is 0 Å². The van der Waals surface area contributed by atoms with Crippen molar-refractivity contribution in [2.75, 3.05) is 5.75 Å². The van der Waals surface area contributed by atoms with Crippen LogP contribution in [-0.2, 0) is 11.3 Å². The van der Waals surface area contributed by atoms with Gasteiger partial charge in [0.1, 0.15) is 0 Å². The number of hydrogen-bond donors (Lipinski definition) is 1. The van der Waals surface area contributed by atoms with E-state index >= 15 is 0 Å². The van der Waals surface area contributed by atoms with E-state index in [1.165, 1.54) is 11.8 Å². The van der Waals surface area contributed by atoms with Crippen molar-refractivity contribution in [1.29, 1.82) is 0 Å². The average Bonchev–Trinajstić information content (AvgIpc) is 2.80.